The Morgan fingerprint density at radius 1 is 1.40 bits per heavy atom. The second-order valence-corrected chi connectivity index (χ2v) is 7.81. The highest BCUT2D eigenvalue weighted by Gasteiger charge is 2.53. The lowest BCUT2D eigenvalue weighted by Crippen LogP contribution is -2.50. The van der Waals surface area contributed by atoms with Gasteiger partial charge < -0.3 is 5.11 Å². The summed E-state index contributed by atoms with van der Waals surface area (Å²) in [6, 6.07) is -0.417. The minimum Gasteiger partial charge on any atom is -0.389 e. The highest BCUT2D eigenvalue weighted by molar-refractivity contribution is 7.90. The SMILES string of the molecule is CC(N(C)S(=O)(=O)C1(C)CC1)C(C)(C)O. The maximum Gasteiger partial charge on any atom is 0.219 e. The first-order chi connectivity index (χ1) is 6.52. The molecule has 1 N–H and O–H groups in total. The van der Waals surface area contributed by atoms with Crippen LogP contribution in [0, 0.1) is 0 Å². The Morgan fingerprint density at radius 2 is 1.80 bits per heavy atom. The molecule has 0 spiro atoms. The van der Waals surface area contributed by atoms with Crippen LogP contribution in [-0.2, 0) is 10.0 Å². The maximum absolute atomic E-state index is 12.1. The lowest BCUT2D eigenvalue weighted by atomic mass is 10.0. The predicted octanol–water partition coefficient (Wildman–Crippen LogP) is 0.960. The summed E-state index contributed by atoms with van der Waals surface area (Å²) in [4.78, 5) is 0. The molecule has 1 atom stereocenters. The minimum atomic E-state index is -3.27. The van der Waals surface area contributed by atoms with E-state index in [0.29, 0.717) is 0 Å². The van der Waals surface area contributed by atoms with Crippen LogP contribution in [0.15, 0.2) is 0 Å². The summed E-state index contributed by atoms with van der Waals surface area (Å²) in [5.74, 6) is 0. The second-order valence-electron chi connectivity index (χ2n) is 5.30. The van der Waals surface area contributed by atoms with E-state index >= 15 is 0 Å². The molecule has 1 fully saturated rings. The van der Waals surface area contributed by atoms with E-state index in [9.17, 15) is 13.5 Å². The third kappa shape index (κ3) is 2.19. The van der Waals surface area contributed by atoms with E-state index in [1.165, 1.54) is 4.31 Å². The summed E-state index contributed by atoms with van der Waals surface area (Å²) in [6.07, 6.45) is 1.44. The van der Waals surface area contributed by atoms with Gasteiger partial charge >= 0.3 is 0 Å². The van der Waals surface area contributed by atoms with Crippen molar-refractivity contribution in [3.63, 3.8) is 0 Å². The average molecular weight is 235 g/mol. The number of aliphatic hydroxyl groups is 1. The molecule has 0 aromatic carbocycles. The number of hydrogen-bond acceptors (Lipinski definition) is 3. The summed E-state index contributed by atoms with van der Waals surface area (Å²) < 4.78 is 24.9. The van der Waals surface area contributed by atoms with Gasteiger partial charge in [0, 0.05) is 13.1 Å². The standard InChI is InChI=1S/C10H21NO3S/c1-8(9(2,3)12)11(5)15(13,14)10(4)6-7-10/h8,12H,6-7H2,1-5H3. The number of rotatable bonds is 4. The highest BCUT2D eigenvalue weighted by Crippen LogP contribution is 2.45. The number of sulfonamides is 1. The smallest absolute Gasteiger partial charge is 0.219 e. The van der Waals surface area contributed by atoms with Crippen LogP contribution in [0.25, 0.3) is 0 Å². The summed E-state index contributed by atoms with van der Waals surface area (Å²) in [5, 5.41) is 9.80. The van der Waals surface area contributed by atoms with Crippen LogP contribution >= 0.6 is 0 Å². The summed E-state index contributed by atoms with van der Waals surface area (Å²) in [7, 11) is -1.73. The van der Waals surface area contributed by atoms with Crippen LogP contribution in [0.3, 0.4) is 0 Å². The van der Waals surface area contributed by atoms with Crippen molar-refractivity contribution in [1.29, 1.82) is 0 Å². The van der Waals surface area contributed by atoms with Crippen molar-refractivity contribution >= 4 is 10.0 Å². The molecule has 5 heteroatoms. The van der Waals surface area contributed by atoms with Gasteiger partial charge in [-0.05, 0) is 40.5 Å². The lowest BCUT2D eigenvalue weighted by Gasteiger charge is -2.34. The van der Waals surface area contributed by atoms with E-state index in [-0.39, 0.29) is 0 Å². The van der Waals surface area contributed by atoms with Crippen molar-refractivity contribution in [3.8, 4) is 0 Å². The maximum atomic E-state index is 12.1. The molecule has 0 radical (unpaired) electrons. The molecule has 1 unspecified atom stereocenters. The van der Waals surface area contributed by atoms with Crippen LogP contribution in [0.5, 0.6) is 0 Å². The topological polar surface area (TPSA) is 57.6 Å². The van der Waals surface area contributed by atoms with Crippen LogP contribution < -0.4 is 0 Å². The summed E-state index contributed by atoms with van der Waals surface area (Å²) >= 11 is 0. The van der Waals surface area contributed by atoms with Crippen molar-refractivity contribution in [2.45, 2.75) is 56.9 Å². The Hall–Kier alpha value is -0.130. The van der Waals surface area contributed by atoms with Gasteiger partial charge in [-0.3, -0.25) is 0 Å². The molecule has 1 saturated carbocycles. The van der Waals surface area contributed by atoms with Crippen LogP contribution in [0.1, 0.15) is 40.5 Å². The third-order valence-corrected chi connectivity index (χ3v) is 6.25. The van der Waals surface area contributed by atoms with Gasteiger partial charge in [-0.1, -0.05) is 0 Å². The van der Waals surface area contributed by atoms with Gasteiger partial charge in [0.15, 0.2) is 0 Å². The zero-order valence-electron chi connectivity index (χ0n) is 10.1. The van der Waals surface area contributed by atoms with Crippen molar-refractivity contribution < 1.29 is 13.5 Å². The first-order valence-corrected chi connectivity index (χ1v) is 6.66. The Balaban J connectivity index is 2.90. The van der Waals surface area contributed by atoms with Crippen molar-refractivity contribution in [2.75, 3.05) is 7.05 Å². The molecule has 0 heterocycles. The molecule has 1 aliphatic rings. The number of hydrogen-bond donors (Lipinski definition) is 1. The van der Waals surface area contributed by atoms with Gasteiger partial charge in [-0.2, -0.15) is 4.31 Å². The monoisotopic (exact) mass is 235 g/mol. The van der Waals surface area contributed by atoms with E-state index in [4.69, 9.17) is 0 Å². The summed E-state index contributed by atoms with van der Waals surface area (Å²) in [6.45, 7) is 6.73. The van der Waals surface area contributed by atoms with Gasteiger partial charge in [0.1, 0.15) is 0 Å². The van der Waals surface area contributed by atoms with E-state index in [1.807, 2.05) is 0 Å². The minimum absolute atomic E-state index is 0.417. The van der Waals surface area contributed by atoms with Gasteiger partial charge in [0.25, 0.3) is 0 Å². The quantitative estimate of drug-likeness (QED) is 0.789. The van der Waals surface area contributed by atoms with Crippen LogP contribution in [0.4, 0.5) is 0 Å². The molecule has 90 valence electrons. The molecule has 0 aliphatic heterocycles. The molecular weight excluding hydrogens is 214 g/mol. The Labute approximate surface area is 92.3 Å². The van der Waals surface area contributed by atoms with Gasteiger partial charge in [0.2, 0.25) is 10.0 Å². The van der Waals surface area contributed by atoms with E-state index in [1.54, 1.807) is 34.7 Å². The van der Waals surface area contributed by atoms with E-state index < -0.39 is 26.4 Å². The molecule has 1 aliphatic carbocycles. The predicted molar refractivity (Wildman–Crippen MR) is 60.1 cm³/mol. The number of likely N-dealkylation sites (N-methyl/N-ethyl adjacent to an activating group) is 1. The summed E-state index contributed by atoms with van der Waals surface area (Å²) in [5.41, 5.74) is -1.02. The molecule has 15 heavy (non-hydrogen) atoms. The normalized spacial score (nSPS) is 22.9. The third-order valence-electron chi connectivity index (χ3n) is 3.52. The fraction of sp³-hybridized carbons (Fsp3) is 1.00. The lowest BCUT2D eigenvalue weighted by molar-refractivity contribution is 0.0221. The van der Waals surface area contributed by atoms with Gasteiger partial charge in [-0.25, -0.2) is 8.42 Å². The van der Waals surface area contributed by atoms with Crippen LogP contribution in [-0.4, -0.2) is 41.3 Å². The highest BCUT2D eigenvalue weighted by atomic mass is 32.2. The fourth-order valence-electron chi connectivity index (χ4n) is 1.43. The Bertz CT molecular complexity index is 338. The Kier molecular flexibility index (Phi) is 2.96. The largest absolute Gasteiger partial charge is 0.389 e. The van der Waals surface area contributed by atoms with E-state index in [0.717, 1.165) is 12.8 Å². The molecule has 0 amide bonds. The zero-order valence-corrected chi connectivity index (χ0v) is 10.9. The van der Waals surface area contributed by atoms with Crippen LogP contribution in [0.2, 0.25) is 0 Å². The van der Waals surface area contributed by atoms with Crippen molar-refractivity contribution in [3.05, 3.63) is 0 Å². The average Bonchev–Trinajstić information content (AvgIpc) is 2.80. The second kappa shape index (κ2) is 3.43. The van der Waals surface area contributed by atoms with Crippen molar-refractivity contribution in [2.24, 2.45) is 0 Å². The first kappa shape index (κ1) is 12.9. The van der Waals surface area contributed by atoms with E-state index in [2.05, 4.69) is 0 Å². The molecule has 0 bridgehead atoms. The van der Waals surface area contributed by atoms with Gasteiger partial charge in [0.05, 0.1) is 10.3 Å². The molecule has 0 aromatic heterocycles. The molecular formula is C10H21NO3S. The fourth-order valence-corrected chi connectivity index (χ4v) is 3.42. The van der Waals surface area contributed by atoms with Gasteiger partial charge in [-0.15, -0.1) is 0 Å². The first-order valence-electron chi connectivity index (χ1n) is 5.22. The Morgan fingerprint density at radius 3 is 2.07 bits per heavy atom. The number of nitrogens with zero attached hydrogens (tertiary/aromatic N) is 1. The zero-order chi connectivity index (χ0) is 12.1. The molecule has 0 saturated heterocycles. The molecule has 4 nitrogen and oxygen atoms in total. The van der Waals surface area contributed by atoms with Crippen molar-refractivity contribution in [1.82, 2.24) is 4.31 Å². The molecule has 0 aromatic rings. The molecule has 1 rings (SSSR count).